The second kappa shape index (κ2) is 4.81. The summed E-state index contributed by atoms with van der Waals surface area (Å²) < 4.78 is 10.4. The minimum Gasteiger partial charge on any atom is -0.480 e. The Morgan fingerprint density at radius 3 is 2.72 bits per heavy atom. The fourth-order valence-electron chi connectivity index (χ4n) is 2.05. The van der Waals surface area contributed by atoms with Crippen LogP contribution in [0.4, 0.5) is 0 Å². The molecule has 1 N–H and O–H groups in total. The summed E-state index contributed by atoms with van der Waals surface area (Å²) in [6.07, 6.45) is 0. The number of hydrogen-bond donors (Lipinski definition) is 1. The molecule has 1 fully saturated rings. The van der Waals surface area contributed by atoms with Crippen molar-refractivity contribution in [1.82, 2.24) is 4.90 Å². The van der Waals surface area contributed by atoms with E-state index in [1.54, 1.807) is 19.9 Å². The van der Waals surface area contributed by atoms with Crippen LogP contribution in [0.5, 0.6) is 0 Å². The van der Waals surface area contributed by atoms with Gasteiger partial charge < -0.3 is 19.2 Å². The SMILES string of the molecule is Cc1cc(C(=O)N2CCOC[C@@H]2C(=O)O)c(C)o1. The Labute approximate surface area is 104 Å². The van der Waals surface area contributed by atoms with Crippen LogP contribution in [-0.4, -0.2) is 47.7 Å². The summed E-state index contributed by atoms with van der Waals surface area (Å²) in [6.45, 7) is 4.09. The number of carboxylic acids is 1. The molecule has 0 bridgehead atoms. The molecule has 0 unspecified atom stereocenters. The molecule has 2 rings (SSSR count). The highest BCUT2D eigenvalue weighted by Gasteiger charge is 2.34. The number of hydrogen-bond acceptors (Lipinski definition) is 4. The van der Waals surface area contributed by atoms with Crippen molar-refractivity contribution in [3.63, 3.8) is 0 Å². The van der Waals surface area contributed by atoms with Gasteiger partial charge in [-0.2, -0.15) is 0 Å². The maximum absolute atomic E-state index is 12.3. The molecule has 2 heterocycles. The largest absolute Gasteiger partial charge is 0.480 e. The molecular weight excluding hydrogens is 238 g/mol. The molecule has 1 aromatic heterocycles. The van der Waals surface area contributed by atoms with E-state index in [0.717, 1.165) is 0 Å². The Hall–Kier alpha value is -1.82. The molecule has 1 aromatic rings. The van der Waals surface area contributed by atoms with E-state index in [0.29, 0.717) is 23.7 Å². The number of aliphatic carboxylic acids is 1. The van der Waals surface area contributed by atoms with Crippen molar-refractivity contribution in [3.05, 3.63) is 23.2 Å². The van der Waals surface area contributed by atoms with Crippen molar-refractivity contribution in [2.24, 2.45) is 0 Å². The monoisotopic (exact) mass is 253 g/mol. The lowest BCUT2D eigenvalue weighted by atomic mass is 10.1. The van der Waals surface area contributed by atoms with E-state index in [1.807, 2.05) is 0 Å². The maximum atomic E-state index is 12.3. The lowest BCUT2D eigenvalue weighted by Crippen LogP contribution is -2.52. The Morgan fingerprint density at radius 2 is 2.17 bits per heavy atom. The molecule has 0 aromatic carbocycles. The van der Waals surface area contributed by atoms with Crippen LogP contribution < -0.4 is 0 Å². The van der Waals surface area contributed by atoms with Crippen LogP contribution in [0.3, 0.4) is 0 Å². The Balaban J connectivity index is 2.26. The number of nitrogens with zero attached hydrogens (tertiary/aromatic N) is 1. The third kappa shape index (κ3) is 2.24. The van der Waals surface area contributed by atoms with E-state index >= 15 is 0 Å². The van der Waals surface area contributed by atoms with Gasteiger partial charge >= 0.3 is 5.97 Å². The number of aryl methyl sites for hydroxylation is 2. The molecule has 1 atom stereocenters. The van der Waals surface area contributed by atoms with Crippen molar-refractivity contribution in [2.45, 2.75) is 19.9 Å². The van der Waals surface area contributed by atoms with E-state index in [-0.39, 0.29) is 19.1 Å². The van der Waals surface area contributed by atoms with Crippen molar-refractivity contribution in [3.8, 4) is 0 Å². The van der Waals surface area contributed by atoms with Crippen LogP contribution in [0.15, 0.2) is 10.5 Å². The lowest BCUT2D eigenvalue weighted by molar-refractivity contribution is -0.147. The molecule has 98 valence electrons. The first-order valence-corrected chi connectivity index (χ1v) is 5.69. The van der Waals surface area contributed by atoms with Gasteiger partial charge in [0.1, 0.15) is 11.5 Å². The van der Waals surface area contributed by atoms with E-state index in [1.165, 1.54) is 4.90 Å². The minimum atomic E-state index is -1.05. The van der Waals surface area contributed by atoms with E-state index in [9.17, 15) is 9.59 Å². The van der Waals surface area contributed by atoms with Gasteiger partial charge in [-0.1, -0.05) is 0 Å². The number of carbonyl (C=O) groups excluding carboxylic acids is 1. The second-order valence-corrected chi connectivity index (χ2v) is 4.25. The molecule has 0 radical (unpaired) electrons. The highest BCUT2D eigenvalue weighted by atomic mass is 16.5. The average molecular weight is 253 g/mol. The third-order valence-electron chi connectivity index (χ3n) is 2.95. The number of amides is 1. The summed E-state index contributed by atoms with van der Waals surface area (Å²) in [4.78, 5) is 24.7. The van der Waals surface area contributed by atoms with E-state index in [2.05, 4.69) is 0 Å². The summed E-state index contributed by atoms with van der Waals surface area (Å²) in [5.74, 6) is -0.231. The van der Waals surface area contributed by atoms with E-state index < -0.39 is 12.0 Å². The zero-order valence-electron chi connectivity index (χ0n) is 10.3. The van der Waals surface area contributed by atoms with Crippen LogP contribution in [0.2, 0.25) is 0 Å². The Morgan fingerprint density at radius 1 is 1.44 bits per heavy atom. The summed E-state index contributed by atoms with van der Waals surface area (Å²) >= 11 is 0. The number of furan rings is 1. The Kier molecular flexibility index (Phi) is 3.38. The van der Waals surface area contributed by atoms with Gasteiger partial charge in [-0.3, -0.25) is 4.79 Å². The fraction of sp³-hybridized carbons (Fsp3) is 0.500. The zero-order valence-corrected chi connectivity index (χ0v) is 10.3. The van der Waals surface area contributed by atoms with Gasteiger partial charge in [0.25, 0.3) is 5.91 Å². The topological polar surface area (TPSA) is 80.0 Å². The first-order chi connectivity index (χ1) is 8.50. The highest BCUT2D eigenvalue weighted by molar-refractivity contribution is 5.97. The first-order valence-electron chi connectivity index (χ1n) is 5.69. The molecule has 18 heavy (non-hydrogen) atoms. The summed E-state index contributed by atoms with van der Waals surface area (Å²) in [6, 6.07) is 0.701. The van der Waals surface area contributed by atoms with Crippen LogP contribution in [-0.2, 0) is 9.53 Å². The summed E-state index contributed by atoms with van der Waals surface area (Å²) in [5, 5.41) is 9.08. The molecule has 0 aliphatic carbocycles. The predicted molar refractivity (Wildman–Crippen MR) is 61.5 cm³/mol. The van der Waals surface area contributed by atoms with Gasteiger partial charge in [-0.05, 0) is 19.9 Å². The number of ether oxygens (including phenoxy) is 1. The van der Waals surface area contributed by atoms with Crippen molar-refractivity contribution < 1.29 is 23.8 Å². The third-order valence-corrected chi connectivity index (χ3v) is 2.95. The molecule has 6 heteroatoms. The molecular formula is C12H15NO5. The first kappa shape index (κ1) is 12.6. The number of rotatable bonds is 2. The number of carboxylic acid groups (broad SMARTS) is 1. The van der Waals surface area contributed by atoms with Gasteiger partial charge in [0, 0.05) is 6.54 Å². The molecule has 1 amide bonds. The summed E-state index contributed by atoms with van der Waals surface area (Å²) in [5.41, 5.74) is 0.417. The van der Waals surface area contributed by atoms with Gasteiger partial charge in [-0.25, -0.2) is 4.79 Å². The quantitative estimate of drug-likeness (QED) is 0.844. The molecule has 1 aliphatic heterocycles. The highest BCUT2D eigenvalue weighted by Crippen LogP contribution is 2.19. The lowest BCUT2D eigenvalue weighted by Gasteiger charge is -2.32. The van der Waals surface area contributed by atoms with E-state index in [4.69, 9.17) is 14.3 Å². The van der Waals surface area contributed by atoms with Crippen LogP contribution in [0, 0.1) is 13.8 Å². The van der Waals surface area contributed by atoms with Crippen LogP contribution in [0.25, 0.3) is 0 Å². The van der Waals surface area contributed by atoms with Gasteiger partial charge in [0.05, 0.1) is 18.8 Å². The fourth-order valence-corrected chi connectivity index (χ4v) is 2.05. The second-order valence-electron chi connectivity index (χ2n) is 4.25. The number of morpholine rings is 1. The minimum absolute atomic E-state index is 0.0248. The van der Waals surface area contributed by atoms with Gasteiger partial charge in [-0.15, -0.1) is 0 Å². The molecule has 0 spiro atoms. The van der Waals surface area contributed by atoms with Crippen LogP contribution in [0.1, 0.15) is 21.9 Å². The molecule has 1 aliphatic rings. The number of carbonyl (C=O) groups is 2. The molecule has 0 saturated carbocycles. The van der Waals surface area contributed by atoms with Gasteiger partial charge in [0.2, 0.25) is 0 Å². The molecule has 6 nitrogen and oxygen atoms in total. The van der Waals surface area contributed by atoms with Crippen molar-refractivity contribution in [2.75, 3.05) is 19.8 Å². The van der Waals surface area contributed by atoms with Crippen LogP contribution >= 0.6 is 0 Å². The Bertz CT molecular complexity index is 479. The standard InChI is InChI=1S/C12H15NO5/c1-7-5-9(8(2)18-7)11(14)13-3-4-17-6-10(13)12(15)16/h5,10H,3-4,6H2,1-2H3,(H,15,16)/t10-/m1/s1. The molecule has 1 saturated heterocycles. The zero-order chi connectivity index (χ0) is 13.3. The van der Waals surface area contributed by atoms with Crippen molar-refractivity contribution >= 4 is 11.9 Å². The normalized spacial score (nSPS) is 19.9. The maximum Gasteiger partial charge on any atom is 0.328 e. The average Bonchev–Trinajstić information content (AvgIpc) is 2.67. The predicted octanol–water partition coefficient (Wildman–Crippen LogP) is 0.822. The summed E-state index contributed by atoms with van der Waals surface area (Å²) in [7, 11) is 0. The van der Waals surface area contributed by atoms with Gasteiger partial charge in [0.15, 0.2) is 6.04 Å². The smallest absolute Gasteiger partial charge is 0.328 e. The van der Waals surface area contributed by atoms with Crippen molar-refractivity contribution in [1.29, 1.82) is 0 Å².